The molecule has 0 aliphatic rings. The van der Waals surface area contributed by atoms with Gasteiger partial charge < -0.3 is 5.32 Å². The fraction of sp³-hybridized carbons (Fsp3) is 0.111. The number of nitrogens with zero attached hydrogens (tertiary/aromatic N) is 4. The van der Waals surface area contributed by atoms with Gasteiger partial charge in [0.2, 0.25) is 5.91 Å². The van der Waals surface area contributed by atoms with Crippen LogP contribution in [0.25, 0.3) is 16.9 Å². The fourth-order valence-electron chi connectivity index (χ4n) is 2.44. The Morgan fingerprint density at radius 2 is 2.07 bits per heavy atom. The van der Waals surface area contributed by atoms with Crippen LogP contribution in [0.5, 0.6) is 0 Å². The summed E-state index contributed by atoms with van der Waals surface area (Å²) in [5.74, 6) is -2.11. The molecule has 0 bridgehead atoms. The molecule has 1 aromatic carbocycles. The van der Waals surface area contributed by atoms with Gasteiger partial charge in [-0.15, -0.1) is 21.5 Å². The molecule has 6 nitrogen and oxygen atoms in total. The number of hydrogen-bond donors (Lipinski definition) is 1. The average molecular weight is 417 g/mol. The van der Waals surface area contributed by atoms with Crippen molar-refractivity contribution in [3.8, 4) is 11.3 Å². The second-order valence-electron chi connectivity index (χ2n) is 5.83. The van der Waals surface area contributed by atoms with E-state index in [0.29, 0.717) is 27.2 Å². The van der Waals surface area contributed by atoms with E-state index >= 15 is 0 Å². The summed E-state index contributed by atoms with van der Waals surface area (Å²) in [4.78, 5) is 16.8. The number of fused-ring (bicyclic) bond motifs is 1. The number of carbonyl (C=O) groups excluding carboxylic acids is 1. The zero-order valence-corrected chi connectivity index (χ0v) is 16.1. The summed E-state index contributed by atoms with van der Waals surface area (Å²) in [6, 6.07) is 9.11. The van der Waals surface area contributed by atoms with Gasteiger partial charge in [-0.1, -0.05) is 17.8 Å². The van der Waals surface area contributed by atoms with Crippen LogP contribution in [0.2, 0.25) is 0 Å². The lowest BCUT2D eigenvalue weighted by molar-refractivity contribution is -0.115. The first-order valence-electron chi connectivity index (χ1n) is 8.19. The van der Waals surface area contributed by atoms with Gasteiger partial charge in [-0.05, 0) is 37.3 Å². The predicted molar refractivity (Wildman–Crippen MR) is 104 cm³/mol. The third-order valence-corrected chi connectivity index (χ3v) is 5.70. The average Bonchev–Trinajstić information content (AvgIpc) is 3.31. The van der Waals surface area contributed by atoms with E-state index in [-0.39, 0.29) is 5.91 Å². The molecule has 0 saturated carbocycles. The van der Waals surface area contributed by atoms with Gasteiger partial charge in [0, 0.05) is 17.1 Å². The summed E-state index contributed by atoms with van der Waals surface area (Å²) in [6.45, 7) is 1.76. The van der Waals surface area contributed by atoms with E-state index in [1.165, 1.54) is 29.2 Å². The van der Waals surface area contributed by atoms with E-state index in [2.05, 4.69) is 20.5 Å². The maximum Gasteiger partial charge on any atom is 0.239 e. The largest absolute Gasteiger partial charge is 0.301 e. The number of pyridine rings is 1. The van der Waals surface area contributed by atoms with E-state index in [1.54, 1.807) is 16.7 Å². The van der Waals surface area contributed by atoms with Crippen LogP contribution in [0.15, 0.2) is 53.1 Å². The van der Waals surface area contributed by atoms with E-state index in [9.17, 15) is 13.6 Å². The number of carbonyl (C=O) groups is 1. The molecule has 0 fully saturated rings. The quantitative estimate of drug-likeness (QED) is 0.492. The summed E-state index contributed by atoms with van der Waals surface area (Å²) in [5, 5.41) is 13.1. The lowest BCUT2D eigenvalue weighted by atomic mass is 10.2. The molecule has 0 radical (unpaired) electrons. The van der Waals surface area contributed by atoms with E-state index in [4.69, 9.17) is 0 Å². The number of hydrogen-bond acceptors (Lipinski definition) is 6. The molecule has 3 aromatic heterocycles. The summed E-state index contributed by atoms with van der Waals surface area (Å²) < 4.78 is 28.3. The lowest BCUT2D eigenvalue weighted by Crippen LogP contribution is -2.22. The molecule has 0 aliphatic carbocycles. The number of rotatable bonds is 5. The Bertz CT molecular complexity index is 1160. The number of halogens is 2. The minimum absolute atomic E-state index is 0.246. The number of amides is 1. The van der Waals surface area contributed by atoms with Crippen molar-refractivity contribution in [2.75, 3.05) is 5.32 Å². The summed E-state index contributed by atoms with van der Waals surface area (Å²) in [5.41, 5.74) is 1.60. The molecule has 0 spiro atoms. The predicted octanol–water partition coefficient (Wildman–Crippen LogP) is 4.25. The Morgan fingerprint density at radius 3 is 2.89 bits per heavy atom. The van der Waals surface area contributed by atoms with E-state index < -0.39 is 16.9 Å². The third kappa shape index (κ3) is 3.73. The van der Waals surface area contributed by atoms with Gasteiger partial charge in [-0.25, -0.2) is 13.8 Å². The van der Waals surface area contributed by atoms with Crippen LogP contribution in [0.4, 0.5) is 13.9 Å². The van der Waals surface area contributed by atoms with E-state index in [1.807, 2.05) is 24.4 Å². The van der Waals surface area contributed by atoms with E-state index in [0.717, 1.165) is 12.1 Å². The lowest BCUT2D eigenvalue weighted by Gasteiger charge is -2.09. The second-order valence-corrected chi connectivity index (χ2v) is 7.99. The molecule has 10 heteroatoms. The van der Waals surface area contributed by atoms with Gasteiger partial charge >= 0.3 is 0 Å². The summed E-state index contributed by atoms with van der Waals surface area (Å²) in [7, 11) is 0. The van der Waals surface area contributed by atoms with Crippen molar-refractivity contribution >= 4 is 39.8 Å². The van der Waals surface area contributed by atoms with Crippen molar-refractivity contribution in [2.45, 2.75) is 17.3 Å². The van der Waals surface area contributed by atoms with Crippen molar-refractivity contribution < 1.29 is 13.6 Å². The van der Waals surface area contributed by atoms with Crippen LogP contribution >= 0.6 is 23.1 Å². The van der Waals surface area contributed by atoms with Gasteiger partial charge in [0.05, 0.1) is 10.9 Å². The second kappa shape index (κ2) is 7.64. The summed E-state index contributed by atoms with van der Waals surface area (Å²) in [6.07, 6.45) is 1.83. The number of benzene rings is 1. The molecule has 0 saturated heterocycles. The van der Waals surface area contributed by atoms with Crippen LogP contribution in [-0.2, 0) is 4.79 Å². The van der Waals surface area contributed by atoms with Crippen molar-refractivity contribution in [3.63, 3.8) is 0 Å². The first-order chi connectivity index (χ1) is 13.5. The molecule has 3 heterocycles. The third-order valence-electron chi connectivity index (χ3n) is 3.88. The molecule has 28 heavy (non-hydrogen) atoms. The SMILES string of the molecule is C[C@H](Sc1nnc2ccccn12)C(=O)Nc1nc(-c2ccc(F)c(F)c2)cs1. The smallest absolute Gasteiger partial charge is 0.239 e. The van der Waals surface area contributed by atoms with Crippen molar-refractivity contribution in [1.82, 2.24) is 19.6 Å². The first kappa shape index (κ1) is 18.5. The van der Waals surface area contributed by atoms with Crippen molar-refractivity contribution in [3.05, 3.63) is 59.6 Å². The zero-order chi connectivity index (χ0) is 19.7. The highest BCUT2D eigenvalue weighted by Gasteiger charge is 2.19. The molecular formula is C18H13F2N5OS2. The highest BCUT2D eigenvalue weighted by atomic mass is 32.2. The zero-order valence-electron chi connectivity index (χ0n) is 14.5. The minimum Gasteiger partial charge on any atom is -0.301 e. The standard InChI is InChI=1S/C18H13F2N5OS2/c1-10(28-18-24-23-15-4-2-3-7-25(15)18)16(26)22-17-21-14(9-27-17)11-5-6-12(19)13(20)8-11/h2-10H,1H3,(H,21,22,26)/t10-/m0/s1. The maximum atomic E-state index is 13.4. The molecule has 142 valence electrons. The molecular weight excluding hydrogens is 404 g/mol. The van der Waals surface area contributed by atoms with Gasteiger partial charge in [0.15, 0.2) is 27.6 Å². The molecule has 4 aromatic rings. The normalized spacial score (nSPS) is 12.2. The van der Waals surface area contributed by atoms with Gasteiger partial charge in [-0.2, -0.15) is 0 Å². The van der Waals surface area contributed by atoms with Crippen LogP contribution < -0.4 is 5.32 Å². The monoisotopic (exact) mass is 417 g/mol. The van der Waals surface area contributed by atoms with Crippen LogP contribution in [0, 0.1) is 11.6 Å². The minimum atomic E-state index is -0.943. The number of aromatic nitrogens is 4. The van der Waals surface area contributed by atoms with Crippen LogP contribution in [0.1, 0.15) is 6.92 Å². The first-order valence-corrected chi connectivity index (χ1v) is 9.95. The Kier molecular flexibility index (Phi) is 5.05. The fourth-order valence-corrected chi connectivity index (χ4v) is 4.00. The molecule has 1 atom stereocenters. The van der Waals surface area contributed by atoms with Gasteiger partial charge in [-0.3, -0.25) is 9.20 Å². The number of thiazole rings is 1. The number of nitrogens with one attached hydrogen (secondary N) is 1. The number of anilines is 1. The molecule has 0 aliphatic heterocycles. The van der Waals surface area contributed by atoms with Gasteiger partial charge in [0.1, 0.15) is 0 Å². The number of thioether (sulfide) groups is 1. The Hall–Kier alpha value is -2.85. The Labute approximate surface area is 166 Å². The Morgan fingerprint density at radius 1 is 1.21 bits per heavy atom. The molecule has 1 N–H and O–H groups in total. The molecule has 1 amide bonds. The molecule has 4 rings (SSSR count). The van der Waals surface area contributed by atoms with Crippen molar-refractivity contribution in [1.29, 1.82) is 0 Å². The molecule has 0 unspecified atom stereocenters. The van der Waals surface area contributed by atoms with Crippen molar-refractivity contribution in [2.24, 2.45) is 0 Å². The topological polar surface area (TPSA) is 72.2 Å². The Balaban J connectivity index is 1.44. The highest BCUT2D eigenvalue weighted by molar-refractivity contribution is 8.00. The van der Waals surface area contributed by atoms with Gasteiger partial charge in [0.25, 0.3) is 0 Å². The van der Waals surface area contributed by atoms with Crippen LogP contribution in [-0.4, -0.2) is 30.7 Å². The summed E-state index contributed by atoms with van der Waals surface area (Å²) >= 11 is 2.49. The highest BCUT2D eigenvalue weighted by Crippen LogP contribution is 2.27. The van der Waals surface area contributed by atoms with Crippen LogP contribution in [0.3, 0.4) is 0 Å². The maximum absolute atomic E-state index is 13.4.